The lowest BCUT2D eigenvalue weighted by molar-refractivity contribution is -0.141. The van der Waals surface area contributed by atoms with E-state index in [2.05, 4.69) is 5.32 Å². The Morgan fingerprint density at radius 2 is 1.66 bits per heavy atom. The summed E-state index contributed by atoms with van der Waals surface area (Å²) in [6, 6.07) is 15.8. The Morgan fingerprint density at radius 3 is 2.34 bits per heavy atom. The minimum atomic E-state index is -0.592. The highest BCUT2D eigenvalue weighted by atomic mass is 16.5. The third-order valence-electron chi connectivity index (χ3n) is 6.41. The number of hydrogen-bond acceptors (Lipinski definition) is 4. The highest BCUT2D eigenvalue weighted by molar-refractivity contribution is 5.85. The summed E-state index contributed by atoms with van der Waals surface area (Å²) in [6.45, 7) is 1.52. The maximum atomic E-state index is 13.4. The van der Waals surface area contributed by atoms with Gasteiger partial charge in [-0.2, -0.15) is 0 Å². The molecule has 1 fully saturated rings. The monoisotopic (exact) mass is 435 g/mol. The van der Waals surface area contributed by atoms with Crippen LogP contribution in [0.3, 0.4) is 0 Å². The molecule has 0 radical (unpaired) electrons. The van der Waals surface area contributed by atoms with Gasteiger partial charge < -0.3 is 20.7 Å². The Morgan fingerprint density at radius 1 is 1.00 bits per heavy atom. The molecule has 0 aliphatic carbocycles. The molecule has 4 bridgehead atoms. The second kappa shape index (κ2) is 9.42. The average molecular weight is 436 g/mol. The fourth-order valence-corrected chi connectivity index (χ4v) is 4.57. The van der Waals surface area contributed by atoms with Gasteiger partial charge in [0.15, 0.2) is 0 Å². The second-order valence-electron chi connectivity index (χ2n) is 8.71. The Labute approximate surface area is 187 Å². The van der Waals surface area contributed by atoms with Crippen LogP contribution in [-0.2, 0) is 27.2 Å². The van der Waals surface area contributed by atoms with Crippen molar-refractivity contribution in [3.05, 3.63) is 59.7 Å². The topological polar surface area (TPSA) is 102 Å². The number of hydrogen-bond donors (Lipinski definition) is 2. The zero-order chi connectivity index (χ0) is 22.6. The molecular formula is C25H29N3O4. The summed E-state index contributed by atoms with van der Waals surface area (Å²) in [7, 11) is 0. The summed E-state index contributed by atoms with van der Waals surface area (Å²) in [6.07, 6.45) is 2.60. The SMILES string of the molecule is NC(=O)CCC(=O)N1CCC2(CC1)Cc1cccc(c1)Oc1cccc(c1)CCNC2=O. The quantitative estimate of drug-likeness (QED) is 0.774. The molecule has 0 aromatic heterocycles. The first-order valence-corrected chi connectivity index (χ1v) is 11.1. The van der Waals surface area contributed by atoms with Gasteiger partial charge >= 0.3 is 0 Å². The molecule has 3 amide bonds. The number of piperidine rings is 1. The Balaban J connectivity index is 1.55. The number of benzene rings is 2. The normalized spacial score (nSPS) is 17.9. The largest absolute Gasteiger partial charge is 0.457 e. The maximum absolute atomic E-state index is 13.4. The van der Waals surface area contributed by atoms with Crippen molar-refractivity contribution in [1.29, 1.82) is 0 Å². The van der Waals surface area contributed by atoms with Crippen molar-refractivity contribution < 1.29 is 19.1 Å². The predicted molar refractivity (Wildman–Crippen MR) is 120 cm³/mol. The summed E-state index contributed by atoms with van der Waals surface area (Å²) in [5, 5.41) is 3.14. The van der Waals surface area contributed by atoms with E-state index in [1.54, 1.807) is 4.90 Å². The van der Waals surface area contributed by atoms with Gasteiger partial charge in [-0.15, -0.1) is 0 Å². The van der Waals surface area contributed by atoms with Crippen LogP contribution in [0.1, 0.15) is 36.8 Å². The van der Waals surface area contributed by atoms with Crippen LogP contribution in [0.15, 0.2) is 48.5 Å². The van der Waals surface area contributed by atoms with Crippen LogP contribution in [0.4, 0.5) is 0 Å². The number of nitrogens with one attached hydrogen (secondary N) is 1. The number of ether oxygens (including phenoxy) is 1. The van der Waals surface area contributed by atoms with Gasteiger partial charge in [-0.05, 0) is 61.1 Å². The molecule has 4 rings (SSSR count). The molecule has 0 atom stereocenters. The van der Waals surface area contributed by atoms with E-state index in [1.165, 1.54) is 0 Å². The van der Waals surface area contributed by atoms with E-state index in [0.29, 0.717) is 45.3 Å². The summed E-state index contributed by atoms with van der Waals surface area (Å²) >= 11 is 0. The van der Waals surface area contributed by atoms with Gasteiger partial charge in [0, 0.05) is 32.5 Å². The van der Waals surface area contributed by atoms with Gasteiger partial charge in [-0.25, -0.2) is 0 Å². The third-order valence-corrected chi connectivity index (χ3v) is 6.41. The van der Waals surface area contributed by atoms with Crippen LogP contribution in [0.25, 0.3) is 0 Å². The standard InChI is InChI=1S/C25H29N3O4/c26-22(29)7-8-23(30)28-13-10-25(11-14-28)17-19-4-2-6-21(16-19)32-20-5-1-3-18(15-20)9-12-27-24(25)31/h1-6,15-16H,7-14,17H2,(H2,26,29)(H,27,31). The van der Waals surface area contributed by atoms with E-state index >= 15 is 0 Å². The summed E-state index contributed by atoms with van der Waals surface area (Å²) in [5.74, 6) is 0.992. The number of nitrogens with two attached hydrogens (primary N) is 1. The molecule has 0 saturated carbocycles. The minimum absolute atomic E-state index is 0.0310. The molecule has 2 heterocycles. The lowest BCUT2D eigenvalue weighted by Crippen LogP contribution is -2.51. The van der Waals surface area contributed by atoms with E-state index in [-0.39, 0.29) is 24.7 Å². The number of primary amides is 1. The maximum Gasteiger partial charge on any atom is 0.226 e. The zero-order valence-electron chi connectivity index (χ0n) is 18.1. The Bertz CT molecular complexity index is 1010. The number of likely N-dealkylation sites (tertiary alicyclic amines) is 1. The van der Waals surface area contributed by atoms with Crippen molar-refractivity contribution in [3.63, 3.8) is 0 Å². The van der Waals surface area contributed by atoms with Crippen molar-refractivity contribution in [1.82, 2.24) is 10.2 Å². The fraction of sp³-hybridized carbons (Fsp3) is 0.400. The van der Waals surface area contributed by atoms with Gasteiger partial charge in [0.05, 0.1) is 5.41 Å². The number of carbonyl (C=O) groups excluding carboxylic acids is 3. The predicted octanol–water partition coefficient (Wildman–Crippen LogP) is 2.57. The molecule has 7 nitrogen and oxygen atoms in total. The first kappa shape index (κ1) is 21.9. The fourth-order valence-electron chi connectivity index (χ4n) is 4.57. The highest BCUT2D eigenvalue weighted by Gasteiger charge is 2.42. The van der Waals surface area contributed by atoms with Crippen molar-refractivity contribution >= 4 is 17.7 Å². The highest BCUT2D eigenvalue weighted by Crippen LogP contribution is 2.37. The molecule has 0 unspecified atom stereocenters. The first-order valence-electron chi connectivity index (χ1n) is 11.1. The molecule has 1 spiro atoms. The van der Waals surface area contributed by atoms with E-state index in [9.17, 15) is 14.4 Å². The van der Waals surface area contributed by atoms with Gasteiger partial charge in [-0.1, -0.05) is 24.3 Å². The molecule has 1 saturated heterocycles. The molecule has 2 aliphatic rings. The van der Waals surface area contributed by atoms with Crippen LogP contribution in [0.2, 0.25) is 0 Å². The van der Waals surface area contributed by atoms with Gasteiger partial charge in [0.2, 0.25) is 17.7 Å². The van der Waals surface area contributed by atoms with Crippen LogP contribution in [0, 0.1) is 5.41 Å². The number of carbonyl (C=O) groups is 3. The third kappa shape index (κ3) is 5.10. The summed E-state index contributed by atoms with van der Waals surface area (Å²) in [5.41, 5.74) is 6.71. The van der Waals surface area contributed by atoms with Gasteiger partial charge in [0.25, 0.3) is 0 Å². The molecular weight excluding hydrogens is 406 g/mol. The second-order valence-corrected chi connectivity index (χ2v) is 8.71. The van der Waals surface area contributed by atoms with Gasteiger partial charge in [0.1, 0.15) is 11.5 Å². The average Bonchev–Trinajstić information content (AvgIpc) is 2.78. The molecule has 7 heteroatoms. The molecule has 2 aromatic rings. The Hall–Kier alpha value is -3.35. The lowest BCUT2D eigenvalue weighted by Gasteiger charge is -2.41. The molecule has 2 aromatic carbocycles. The number of nitrogens with zero attached hydrogens (tertiary/aromatic N) is 1. The molecule has 3 N–H and O–H groups in total. The van der Waals surface area contributed by atoms with Crippen LogP contribution in [-0.4, -0.2) is 42.3 Å². The van der Waals surface area contributed by atoms with E-state index < -0.39 is 11.3 Å². The van der Waals surface area contributed by atoms with Crippen molar-refractivity contribution in [2.45, 2.75) is 38.5 Å². The summed E-state index contributed by atoms with van der Waals surface area (Å²) in [4.78, 5) is 38.6. The Kier molecular flexibility index (Phi) is 6.44. The smallest absolute Gasteiger partial charge is 0.226 e. The van der Waals surface area contributed by atoms with Crippen LogP contribution in [0.5, 0.6) is 11.5 Å². The van der Waals surface area contributed by atoms with E-state index in [4.69, 9.17) is 10.5 Å². The molecule has 32 heavy (non-hydrogen) atoms. The number of amides is 3. The first-order chi connectivity index (χ1) is 15.4. The summed E-state index contributed by atoms with van der Waals surface area (Å²) < 4.78 is 6.07. The van der Waals surface area contributed by atoms with Crippen molar-refractivity contribution in [2.75, 3.05) is 19.6 Å². The lowest BCUT2D eigenvalue weighted by atomic mass is 9.72. The zero-order valence-corrected chi connectivity index (χ0v) is 18.1. The molecule has 168 valence electrons. The van der Waals surface area contributed by atoms with Crippen molar-refractivity contribution in [2.24, 2.45) is 11.1 Å². The number of rotatable bonds is 3. The van der Waals surface area contributed by atoms with Gasteiger partial charge in [-0.3, -0.25) is 14.4 Å². The van der Waals surface area contributed by atoms with E-state index in [0.717, 1.165) is 22.6 Å². The van der Waals surface area contributed by atoms with Crippen LogP contribution >= 0.6 is 0 Å². The van der Waals surface area contributed by atoms with Crippen LogP contribution < -0.4 is 15.8 Å². The number of fused-ring (bicyclic) bond motifs is 4. The minimum Gasteiger partial charge on any atom is -0.457 e. The molecule has 2 aliphatic heterocycles. The van der Waals surface area contributed by atoms with E-state index in [1.807, 2.05) is 48.5 Å². The van der Waals surface area contributed by atoms with Crippen molar-refractivity contribution in [3.8, 4) is 11.5 Å².